The third kappa shape index (κ3) is 3.34. The van der Waals surface area contributed by atoms with E-state index in [2.05, 4.69) is 5.32 Å². The molecule has 1 unspecified atom stereocenters. The molecule has 0 spiro atoms. The Balaban J connectivity index is 1.75. The number of nitrogens with one attached hydrogen (secondary N) is 1. The van der Waals surface area contributed by atoms with Crippen molar-refractivity contribution >= 4 is 23.3 Å². The number of carbonyl (C=O) groups excluding carboxylic acids is 1. The van der Waals surface area contributed by atoms with Crippen LogP contribution >= 0.6 is 0 Å². The van der Waals surface area contributed by atoms with Gasteiger partial charge in [-0.05, 0) is 31.7 Å². The van der Waals surface area contributed by atoms with Gasteiger partial charge in [0.15, 0.2) is 0 Å². The molecule has 3 atom stereocenters. The van der Waals surface area contributed by atoms with Gasteiger partial charge < -0.3 is 15.2 Å². The molecule has 9 nitrogen and oxygen atoms in total. The summed E-state index contributed by atoms with van der Waals surface area (Å²) in [5.74, 6) is -0.770. The molecule has 0 radical (unpaired) electrons. The van der Waals surface area contributed by atoms with E-state index < -0.39 is 22.3 Å². The number of methoxy groups -OCH3 is 1. The van der Waals surface area contributed by atoms with E-state index in [1.807, 2.05) is 4.90 Å². The summed E-state index contributed by atoms with van der Waals surface area (Å²) in [6.45, 7) is 2.62. The van der Waals surface area contributed by atoms with Gasteiger partial charge in [0.05, 0.1) is 29.2 Å². The highest BCUT2D eigenvalue weighted by Gasteiger charge is 2.55. The van der Waals surface area contributed by atoms with Gasteiger partial charge in [0.2, 0.25) is 5.91 Å². The SMILES string of the molecule is COc1ccc([N+](=O)[O-])cc1NC(=O)C(C)N1C[C@@H]2CCC[C@@]2(C(=O)O)C1. The summed E-state index contributed by atoms with van der Waals surface area (Å²) in [5, 5.41) is 23.4. The molecule has 1 aliphatic carbocycles. The molecule has 2 fully saturated rings. The normalized spacial score (nSPS) is 25.6. The van der Waals surface area contributed by atoms with Crippen molar-refractivity contribution in [2.45, 2.75) is 32.2 Å². The Bertz CT molecular complexity index is 782. The highest BCUT2D eigenvalue weighted by Crippen LogP contribution is 2.49. The summed E-state index contributed by atoms with van der Waals surface area (Å²) in [6, 6.07) is 3.42. The number of carboxylic acid groups (broad SMARTS) is 1. The number of hydrogen-bond donors (Lipinski definition) is 2. The summed E-state index contributed by atoms with van der Waals surface area (Å²) < 4.78 is 5.17. The fourth-order valence-electron chi connectivity index (χ4n) is 4.28. The average molecular weight is 377 g/mol. The Hall–Kier alpha value is -2.68. The molecular formula is C18H23N3O6. The average Bonchev–Trinajstić information content (AvgIpc) is 3.19. The van der Waals surface area contributed by atoms with Crippen LogP contribution in [-0.2, 0) is 9.59 Å². The van der Waals surface area contributed by atoms with Gasteiger partial charge in [-0.3, -0.25) is 24.6 Å². The first kappa shape index (κ1) is 19.1. The highest BCUT2D eigenvalue weighted by molar-refractivity contribution is 5.96. The number of hydrogen-bond acceptors (Lipinski definition) is 6. The molecule has 0 bridgehead atoms. The van der Waals surface area contributed by atoms with Crippen LogP contribution in [0.2, 0.25) is 0 Å². The number of benzene rings is 1. The van der Waals surface area contributed by atoms with Crippen molar-refractivity contribution < 1.29 is 24.4 Å². The molecule has 9 heteroatoms. The van der Waals surface area contributed by atoms with Gasteiger partial charge in [-0.15, -0.1) is 0 Å². The van der Waals surface area contributed by atoms with Crippen LogP contribution in [0.25, 0.3) is 0 Å². The lowest BCUT2D eigenvalue weighted by atomic mass is 9.81. The fourth-order valence-corrected chi connectivity index (χ4v) is 4.28. The summed E-state index contributed by atoms with van der Waals surface area (Å²) in [6.07, 6.45) is 2.39. The van der Waals surface area contributed by atoms with Gasteiger partial charge in [-0.2, -0.15) is 0 Å². The minimum absolute atomic E-state index is 0.0533. The van der Waals surface area contributed by atoms with E-state index in [4.69, 9.17) is 4.74 Å². The number of rotatable bonds is 6. The van der Waals surface area contributed by atoms with E-state index in [9.17, 15) is 24.8 Å². The number of carboxylic acids is 1. The van der Waals surface area contributed by atoms with Crippen LogP contribution in [0, 0.1) is 21.4 Å². The smallest absolute Gasteiger partial charge is 0.311 e. The van der Waals surface area contributed by atoms with Crippen molar-refractivity contribution in [3.8, 4) is 5.75 Å². The number of nitro groups is 1. The predicted molar refractivity (Wildman–Crippen MR) is 96.7 cm³/mol. The number of amides is 1. The van der Waals surface area contributed by atoms with E-state index in [1.165, 1.54) is 25.3 Å². The zero-order valence-corrected chi connectivity index (χ0v) is 15.3. The number of non-ortho nitro benzene ring substituents is 1. The quantitative estimate of drug-likeness (QED) is 0.575. The van der Waals surface area contributed by atoms with Gasteiger partial charge in [-0.1, -0.05) is 6.42 Å². The molecule has 1 aliphatic heterocycles. The van der Waals surface area contributed by atoms with Gasteiger partial charge in [0.25, 0.3) is 5.69 Å². The van der Waals surface area contributed by atoms with Crippen LogP contribution in [0.15, 0.2) is 18.2 Å². The number of anilines is 1. The summed E-state index contributed by atoms with van der Waals surface area (Å²) in [5.41, 5.74) is -0.701. The predicted octanol–water partition coefficient (Wildman–Crippen LogP) is 2.12. The van der Waals surface area contributed by atoms with E-state index in [1.54, 1.807) is 6.92 Å². The molecule has 146 valence electrons. The van der Waals surface area contributed by atoms with Crippen molar-refractivity contribution in [3.63, 3.8) is 0 Å². The first-order chi connectivity index (χ1) is 12.8. The van der Waals surface area contributed by atoms with Crippen LogP contribution < -0.4 is 10.1 Å². The minimum atomic E-state index is -0.791. The van der Waals surface area contributed by atoms with E-state index in [-0.39, 0.29) is 23.2 Å². The van der Waals surface area contributed by atoms with Crippen molar-refractivity contribution in [2.75, 3.05) is 25.5 Å². The number of carbonyl (C=O) groups is 2. The second kappa shape index (κ2) is 7.15. The van der Waals surface area contributed by atoms with Crippen LogP contribution in [0.4, 0.5) is 11.4 Å². The maximum absolute atomic E-state index is 12.7. The largest absolute Gasteiger partial charge is 0.495 e. The fraction of sp³-hybridized carbons (Fsp3) is 0.556. The van der Waals surface area contributed by atoms with Crippen molar-refractivity contribution in [1.82, 2.24) is 4.90 Å². The first-order valence-corrected chi connectivity index (χ1v) is 8.89. The Morgan fingerprint density at radius 3 is 2.81 bits per heavy atom. The molecule has 0 aromatic heterocycles. The van der Waals surface area contributed by atoms with Crippen LogP contribution in [0.3, 0.4) is 0 Å². The molecule has 2 N–H and O–H groups in total. The zero-order chi connectivity index (χ0) is 19.8. The molecule has 1 amide bonds. The summed E-state index contributed by atoms with van der Waals surface area (Å²) in [7, 11) is 1.42. The first-order valence-electron chi connectivity index (χ1n) is 8.89. The van der Waals surface area contributed by atoms with Crippen LogP contribution in [0.5, 0.6) is 5.75 Å². The van der Waals surface area contributed by atoms with Gasteiger partial charge >= 0.3 is 5.97 Å². The Morgan fingerprint density at radius 1 is 1.48 bits per heavy atom. The maximum Gasteiger partial charge on any atom is 0.311 e. The molecular weight excluding hydrogens is 354 g/mol. The second-order valence-corrected chi connectivity index (χ2v) is 7.29. The molecule has 1 aromatic rings. The third-order valence-electron chi connectivity index (χ3n) is 5.90. The number of nitrogens with zero attached hydrogens (tertiary/aromatic N) is 2. The molecule has 1 heterocycles. The molecule has 27 heavy (non-hydrogen) atoms. The lowest BCUT2D eigenvalue weighted by Crippen LogP contribution is -2.43. The molecule has 2 aliphatic rings. The number of ether oxygens (including phenoxy) is 1. The molecule has 1 saturated heterocycles. The number of nitro benzene ring substituents is 1. The van der Waals surface area contributed by atoms with Gasteiger partial charge in [-0.25, -0.2) is 0 Å². The number of fused-ring (bicyclic) bond motifs is 1. The van der Waals surface area contributed by atoms with Crippen molar-refractivity contribution in [2.24, 2.45) is 11.3 Å². The van der Waals surface area contributed by atoms with Crippen LogP contribution in [0.1, 0.15) is 26.2 Å². The molecule has 1 aromatic carbocycles. The Labute approximate surface area is 156 Å². The van der Waals surface area contributed by atoms with Crippen molar-refractivity contribution in [3.05, 3.63) is 28.3 Å². The number of aliphatic carboxylic acids is 1. The van der Waals surface area contributed by atoms with Gasteiger partial charge in [0.1, 0.15) is 5.75 Å². The molecule has 1 saturated carbocycles. The van der Waals surface area contributed by atoms with Crippen molar-refractivity contribution in [1.29, 1.82) is 0 Å². The highest BCUT2D eigenvalue weighted by atomic mass is 16.6. The standard InChI is InChI=1S/C18H23N3O6/c1-11(20-9-12-4-3-7-18(12,10-20)17(23)24)16(22)19-14-8-13(21(25)26)5-6-15(14)27-2/h5-6,8,11-12H,3-4,7,9-10H2,1-2H3,(H,19,22)(H,23,24)/t11?,12-,18+/m0/s1. The lowest BCUT2D eigenvalue weighted by molar-refractivity contribution is -0.384. The maximum atomic E-state index is 12.7. The van der Waals surface area contributed by atoms with E-state index in [0.717, 1.165) is 12.8 Å². The van der Waals surface area contributed by atoms with E-state index >= 15 is 0 Å². The monoisotopic (exact) mass is 377 g/mol. The van der Waals surface area contributed by atoms with E-state index in [0.29, 0.717) is 25.3 Å². The van der Waals surface area contributed by atoms with Gasteiger partial charge in [0, 0.05) is 25.2 Å². The minimum Gasteiger partial charge on any atom is -0.495 e. The number of likely N-dealkylation sites (tertiary alicyclic amines) is 1. The summed E-state index contributed by atoms with van der Waals surface area (Å²) in [4.78, 5) is 36.9. The topological polar surface area (TPSA) is 122 Å². The Morgan fingerprint density at radius 2 is 2.22 bits per heavy atom. The zero-order valence-electron chi connectivity index (χ0n) is 15.3. The summed E-state index contributed by atoms with van der Waals surface area (Å²) >= 11 is 0. The third-order valence-corrected chi connectivity index (χ3v) is 5.90. The molecule has 3 rings (SSSR count). The Kier molecular flexibility index (Phi) is 5.05. The second-order valence-electron chi connectivity index (χ2n) is 7.29. The lowest BCUT2D eigenvalue weighted by Gasteiger charge is -2.26. The van der Waals surface area contributed by atoms with Crippen LogP contribution in [-0.4, -0.2) is 53.0 Å².